The summed E-state index contributed by atoms with van der Waals surface area (Å²) in [5.41, 5.74) is -1.04. The summed E-state index contributed by atoms with van der Waals surface area (Å²) < 4.78 is 32.6. The van der Waals surface area contributed by atoms with E-state index in [0.29, 0.717) is 0 Å². The standard InChI is InChI=1S/C28H32O16/c1-9-19(32)22(35)24(37)27(41-9)40-8-17-20(33)23(36)25(38)28(44-17)43-16-7-13(31)18-12(30)6-15(42-26(18)21(16)34)10-3-4-14(39-2)11(29)5-10/h3-7,9,17,19-20,22-25,27-29,31-38H,8H2,1-2H3/t9-,17+,19-,20+,22+,23-,24+,25+,27+,28+/m0/s1. The summed E-state index contributed by atoms with van der Waals surface area (Å²) in [6.45, 7) is 0.868. The van der Waals surface area contributed by atoms with Crippen molar-refractivity contribution in [1.82, 2.24) is 0 Å². The number of rotatable bonds is 7. The number of aliphatic hydroxyl groups is 6. The lowest BCUT2D eigenvalue weighted by molar-refractivity contribution is -0.318. The fourth-order valence-electron chi connectivity index (χ4n) is 4.97. The molecule has 1 aromatic heterocycles. The van der Waals surface area contributed by atoms with Crippen molar-refractivity contribution in [3.8, 4) is 40.1 Å². The number of phenols is 3. The molecule has 3 heterocycles. The van der Waals surface area contributed by atoms with Crippen molar-refractivity contribution in [2.75, 3.05) is 13.7 Å². The summed E-state index contributed by atoms with van der Waals surface area (Å²) in [6, 6.07) is 6.03. The maximum absolute atomic E-state index is 12.9. The summed E-state index contributed by atoms with van der Waals surface area (Å²) >= 11 is 0. The molecular weight excluding hydrogens is 592 g/mol. The molecule has 16 nitrogen and oxygen atoms in total. The van der Waals surface area contributed by atoms with Crippen LogP contribution in [0.15, 0.2) is 39.5 Å². The average molecular weight is 625 g/mol. The zero-order valence-electron chi connectivity index (χ0n) is 23.3. The number of methoxy groups -OCH3 is 1. The Hall–Kier alpha value is -3.71. The third-order valence-electron chi connectivity index (χ3n) is 7.53. The van der Waals surface area contributed by atoms with Crippen molar-refractivity contribution < 1.29 is 74.1 Å². The van der Waals surface area contributed by atoms with Gasteiger partial charge in [-0.05, 0) is 25.1 Å². The molecule has 2 aliphatic rings. The van der Waals surface area contributed by atoms with E-state index in [1.54, 1.807) is 0 Å². The van der Waals surface area contributed by atoms with Crippen LogP contribution in [-0.4, -0.2) is 121 Å². The zero-order valence-corrected chi connectivity index (χ0v) is 23.3. The normalized spacial score (nSPS) is 32.5. The lowest BCUT2D eigenvalue weighted by atomic mass is 9.98. The maximum Gasteiger partial charge on any atom is 0.229 e. The molecule has 3 aromatic rings. The number of fused-ring (bicyclic) bond motifs is 1. The van der Waals surface area contributed by atoms with Crippen LogP contribution in [0.4, 0.5) is 0 Å². The largest absolute Gasteiger partial charge is 0.507 e. The Balaban J connectivity index is 1.40. The van der Waals surface area contributed by atoms with Gasteiger partial charge in [0.05, 0.1) is 19.8 Å². The molecule has 5 rings (SSSR count). The molecule has 0 radical (unpaired) electrons. The average Bonchev–Trinajstić information content (AvgIpc) is 2.99. The first kappa shape index (κ1) is 31.7. The molecule has 2 aliphatic heterocycles. The van der Waals surface area contributed by atoms with Crippen molar-refractivity contribution in [2.24, 2.45) is 0 Å². The van der Waals surface area contributed by atoms with Crippen molar-refractivity contribution >= 4 is 11.0 Å². The first-order valence-corrected chi connectivity index (χ1v) is 13.4. The molecular formula is C28H32O16. The molecule has 2 fully saturated rings. The molecule has 0 aliphatic carbocycles. The highest BCUT2D eigenvalue weighted by Gasteiger charge is 2.47. The van der Waals surface area contributed by atoms with Crippen molar-refractivity contribution in [3.63, 3.8) is 0 Å². The van der Waals surface area contributed by atoms with Gasteiger partial charge >= 0.3 is 0 Å². The second kappa shape index (κ2) is 12.4. The van der Waals surface area contributed by atoms with Crippen LogP contribution in [-0.2, 0) is 14.2 Å². The van der Waals surface area contributed by atoms with E-state index in [1.165, 1.54) is 32.2 Å². The Morgan fingerprint density at radius 3 is 2.14 bits per heavy atom. The molecule has 0 unspecified atom stereocenters. The van der Waals surface area contributed by atoms with Gasteiger partial charge in [-0.2, -0.15) is 0 Å². The van der Waals surface area contributed by atoms with E-state index in [9.17, 15) is 50.8 Å². The minimum atomic E-state index is -1.90. The molecule has 10 atom stereocenters. The highest BCUT2D eigenvalue weighted by Crippen LogP contribution is 2.42. The van der Waals surface area contributed by atoms with Gasteiger partial charge in [-0.1, -0.05) is 0 Å². The second-order valence-corrected chi connectivity index (χ2v) is 10.5. The van der Waals surface area contributed by atoms with E-state index in [4.69, 9.17) is 28.1 Å². The van der Waals surface area contributed by atoms with Gasteiger partial charge in [0.15, 0.2) is 34.6 Å². The Kier molecular flexibility index (Phi) is 8.90. The van der Waals surface area contributed by atoms with Crippen LogP contribution >= 0.6 is 0 Å². The predicted molar refractivity (Wildman–Crippen MR) is 145 cm³/mol. The van der Waals surface area contributed by atoms with Crippen molar-refractivity contribution in [2.45, 2.75) is 68.3 Å². The van der Waals surface area contributed by atoms with Gasteiger partial charge < -0.3 is 74.1 Å². The van der Waals surface area contributed by atoms with Crippen LogP contribution in [0, 0.1) is 0 Å². The fourth-order valence-corrected chi connectivity index (χ4v) is 4.97. The highest BCUT2D eigenvalue weighted by atomic mass is 16.7. The zero-order chi connectivity index (χ0) is 32.0. The summed E-state index contributed by atoms with van der Waals surface area (Å²) in [7, 11) is 1.35. The molecule has 2 aromatic carbocycles. The molecule has 0 saturated carbocycles. The van der Waals surface area contributed by atoms with Gasteiger partial charge in [0.2, 0.25) is 12.0 Å². The highest BCUT2D eigenvalue weighted by molar-refractivity contribution is 5.91. The minimum Gasteiger partial charge on any atom is -0.507 e. The Morgan fingerprint density at radius 1 is 0.773 bits per heavy atom. The van der Waals surface area contributed by atoms with E-state index in [-0.39, 0.29) is 22.8 Å². The van der Waals surface area contributed by atoms with E-state index < -0.39 is 102 Å². The molecule has 0 amide bonds. The van der Waals surface area contributed by atoms with E-state index in [2.05, 4.69) is 0 Å². The van der Waals surface area contributed by atoms with E-state index in [0.717, 1.165) is 12.1 Å². The van der Waals surface area contributed by atoms with Crippen molar-refractivity contribution in [1.29, 1.82) is 0 Å². The van der Waals surface area contributed by atoms with Crippen LogP contribution < -0.4 is 14.9 Å². The van der Waals surface area contributed by atoms with Gasteiger partial charge in [0, 0.05) is 17.7 Å². The second-order valence-electron chi connectivity index (χ2n) is 10.5. The number of aromatic hydroxyl groups is 3. The first-order chi connectivity index (χ1) is 20.8. The lowest BCUT2D eigenvalue weighted by Crippen LogP contribution is -2.61. The quantitative estimate of drug-likeness (QED) is 0.137. The van der Waals surface area contributed by atoms with Crippen LogP contribution in [0.2, 0.25) is 0 Å². The summed E-state index contributed by atoms with van der Waals surface area (Å²) in [4.78, 5) is 12.9. The third kappa shape index (κ3) is 5.74. The number of hydrogen-bond acceptors (Lipinski definition) is 16. The topological polar surface area (TPSA) is 258 Å². The molecule has 240 valence electrons. The Bertz CT molecular complexity index is 1560. The fraction of sp³-hybridized carbons (Fsp3) is 0.464. The van der Waals surface area contributed by atoms with Crippen LogP contribution in [0.3, 0.4) is 0 Å². The van der Waals surface area contributed by atoms with Crippen LogP contribution in [0.1, 0.15) is 6.92 Å². The molecule has 44 heavy (non-hydrogen) atoms. The summed E-state index contributed by atoms with van der Waals surface area (Å²) in [5.74, 6) is -2.21. The SMILES string of the molecule is COc1ccc(-c2cc(=O)c3c(O)cc(O[C@@H]4O[C@H](CO[C@@H]5O[C@@H](C)[C@H](O)[C@@H](O)[C@H]5O)[C@@H](O)[C@H](O)[C@H]4O)c(O)c3o2)cc1O. The lowest BCUT2D eigenvalue weighted by Gasteiger charge is -2.42. The Morgan fingerprint density at radius 2 is 1.45 bits per heavy atom. The smallest absolute Gasteiger partial charge is 0.229 e. The molecule has 2 saturated heterocycles. The number of ether oxygens (including phenoxy) is 5. The summed E-state index contributed by atoms with van der Waals surface area (Å²) in [6.07, 6.45) is -15.7. The minimum absolute atomic E-state index is 0.101. The Labute approximate surface area is 248 Å². The predicted octanol–water partition coefficient (Wildman–Crippen LogP) is -1.38. The van der Waals surface area contributed by atoms with Gasteiger partial charge in [0.1, 0.15) is 59.6 Å². The third-order valence-corrected chi connectivity index (χ3v) is 7.53. The monoisotopic (exact) mass is 624 g/mol. The van der Waals surface area contributed by atoms with Gasteiger partial charge in [-0.15, -0.1) is 0 Å². The molecule has 9 N–H and O–H groups in total. The van der Waals surface area contributed by atoms with E-state index in [1.807, 2.05) is 0 Å². The van der Waals surface area contributed by atoms with Crippen LogP contribution in [0.5, 0.6) is 28.7 Å². The van der Waals surface area contributed by atoms with Crippen molar-refractivity contribution in [3.05, 3.63) is 40.6 Å². The first-order valence-electron chi connectivity index (χ1n) is 13.4. The van der Waals surface area contributed by atoms with Gasteiger partial charge in [-0.25, -0.2) is 0 Å². The number of hydrogen-bond donors (Lipinski definition) is 9. The number of aliphatic hydroxyl groups excluding tert-OH is 6. The number of phenolic OH excluding ortho intramolecular Hbond substituents is 3. The molecule has 0 spiro atoms. The summed E-state index contributed by atoms with van der Waals surface area (Å²) in [5, 5.41) is 92.8. The maximum atomic E-state index is 12.9. The molecule has 16 heteroatoms. The van der Waals surface area contributed by atoms with E-state index >= 15 is 0 Å². The number of benzene rings is 2. The van der Waals surface area contributed by atoms with Gasteiger partial charge in [0.25, 0.3) is 0 Å². The van der Waals surface area contributed by atoms with Crippen LogP contribution in [0.25, 0.3) is 22.3 Å². The van der Waals surface area contributed by atoms with Gasteiger partial charge in [-0.3, -0.25) is 4.79 Å². The molecule has 0 bridgehead atoms.